The van der Waals surface area contributed by atoms with E-state index < -0.39 is 0 Å². The molecule has 0 N–H and O–H groups in total. The van der Waals surface area contributed by atoms with Gasteiger partial charge in [-0.1, -0.05) is 13.3 Å². The van der Waals surface area contributed by atoms with Crippen molar-refractivity contribution in [1.29, 1.82) is 0 Å². The molecule has 1 rings (SSSR count). The average Bonchev–Trinajstić information content (AvgIpc) is 2.30. The van der Waals surface area contributed by atoms with Crippen molar-refractivity contribution in [3.63, 3.8) is 0 Å². The average molecular weight is 227 g/mol. The molecule has 0 bridgehead atoms. The van der Waals surface area contributed by atoms with Crippen LogP contribution in [-0.4, -0.2) is 37.0 Å². The number of hydrogen-bond donors (Lipinski definition) is 0. The maximum Gasteiger partial charge on any atom is 0.409 e. The van der Waals surface area contributed by atoms with Crippen molar-refractivity contribution in [1.82, 2.24) is 4.90 Å². The Hall–Kier alpha value is -1.06. The number of amides is 1. The highest BCUT2D eigenvalue weighted by Crippen LogP contribution is 2.19. The molecule has 16 heavy (non-hydrogen) atoms. The predicted molar refractivity (Wildman–Crippen MR) is 61.2 cm³/mol. The second-order valence-electron chi connectivity index (χ2n) is 4.32. The summed E-state index contributed by atoms with van der Waals surface area (Å²) in [5.74, 6) is 0.324. The van der Waals surface area contributed by atoms with Gasteiger partial charge in [0.2, 0.25) is 0 Å². The van der Waals surface area contributed by atoms with E-state index in [1.165, 1.54) is 0 Å². The summed E-state index contributed by atoms with van der Waals surface area (Å²) in [7, 11) is 0. The maximum absolute atomic E-state index is 11.6. The van der Waals surface area contributed by atoms with E-state index in [1.807, 2.05) is 0 Å². The van der Waals surface area contributed by atoms with E-state index in [0.717, 1.165) is 38.5 Å². The van der Waals surface area contributed by atoms with Gasteiger partial charge >= 0.3 is 6.09 Å². The molecule has 4 heteroatoms. The van der Waals surface area contributed by atoms with Crippen LogP contribution in [-0.2, 0) is 9.53 Å². The van der Waals surface area contributed by atoms with Crippen molar-refractivity contribution in [2.75, 3.05) is 19.7 Å². The number of carbonyl (C=O) groups excluding carboxylic acids is 2. The number of piperidine rings is 1. The van der Waals surface area contributed by atoms with Gasteiger partial charge in [-0.05, 0) is 25.2 Å². The molecule has 1 atom stereocenters. The molecular formula is C12H21NO3. The van der Waals surface area contributed by atoms with Crippen LogP contribution < -0.4 is 0 Å². The number of nitrogens with zero attached hydrogens (tertiary/aromatic N) is 1. The number of ether oxygens (including phenoxy) is 1. The third-order valence-electron chi connectivity index (χ3n) is 2.93. The van der Waals surface area contributed by atoms with Gasteiger partial charge in [-0.3, -0.25) is 0 Å². The van der Waals surface area contributed by atoms with Crippen LogP contribution in [0.4, 0.5) is 4.79 Å². The lowest BCUT2D eigenvalue weighted by Crippen LogP contribution is -2.40. The largest absolute Gasteiger partial charge is 0.449 e. The Morgan fingerprint density at radius 2 is 2.38 bits per heavy atom. The number of hydrogen-bond acceptors (Lipinski definition) is 3. The number of likely N-dealkylation sites (tertiary alicyclic amines) is 1. The van der Waals surface area contributed by atoms with Crippen LogP contribution >= 0.6 is 0 Å². The first-order chi connectivity index (χ1) is 7.77. The van der Waals surface area contributed by atoms with Crippen molar-refractivity contribution in [2.24, 2.45) is 5.92 Å². The fraction of sp³-hybridized carbons (Fsp3) is 0.833. The molecule has 0 radical (unpaired) electrons. The molecule has 0 aliphatic carbocycles. The first kappa shape index (κ1) is 13.0. The van der Waals surface area contributed by atoms with Crippen molar-refractivity contribution in [2.45, 2.75) is 39.0 Å². The van der Waals surface area contributed by atoms with E-state index in [-0.39, 0.29) is 6.09 Å². The lowest BCUT2D eigenvalue weighted by atomic mass is 9.96. The highest BCUT2D eigenvalue weighted by Gasteiger charge is 2.23. The summed E-state index contributed by atoms with van der Waals surface area (Å²) in [5.41, 5.74) is 0. The van der Waals surface area contributed by atoms with Crippen molar-refractivity contribution in [3.05, 3.63) is 0 Å². The monoisotopic (exact) mass is 227 g/mol. The van der Waals surface area contributed by atoms with Crippen molar-refractivity contribution in [3.8, 4) is 0 Å². The Morgan fingerprint density at radius 1 is 1.56 bits per heavy atom. The molecule has 0 spiro atoms. The fourth-order valence-corrected chi connectivity index (χ4v) is 1.95. The third kappa shape index (κ3) is 4.21. The predicted octanol–water partition coefficient (Wildman–Crippen LogP) is 2.22. The van der Waals surface area contributed by atoms with Gasteiger partial charge in [-0.15, -0.1) is 0 Å². The van der Waals surface area contributed by atoms with E-state index in [0.29, 0.717) is 25.5 Å². The molecule has 0 aromatic rings. The summed E-state index contributed by atoms with van der Waals surface area (Å²) in [5, 5.41) is 0. The zero-order valence-electron chi connectivity index (χ0n) is 9.98. The van der Waals surface area contributed by atoms with Gasteiger partial charge in [0.15, 0.2) is 0 Å². The number of rotatable bonds is 5. The van der Waals surface area contributed by atoms with Gasteiger partial charge in [-0.2, -0.15) is 0 Å². The second-order valence-corrected chi connectivity index (χ2v) is 4.32. The van der Waals surface area contributed by atoms with Crippen LogP contribution in [0.2, 0.25) is 0 Å². The number of aldehydes is 1. The van der Waals surface area contributed by atoms with Crippen molar-refractivity contribution >= 4 is 12.4 Å². The summed E-state index contributed by atoms with van der Waals surface area (Å²) in [6.07, 6.45) is 5.23. The zero-order valence-corrected chi connectivity index (χ0v) is 9.98. The van der Waals surface area contributed by atoms with E-state index >= 15 is 0 Å². The van der Waals surface area contributed by atoms with Crippen LogP contribution in [0.5, 0.6) is 0 Å². The number of carbonyl (C=O) groups is 2. The minimum atomic E-state index is -0.218. The molecule has 1 amide bonds. The molecule has 1 unspecified atom stereocenters. The maximum atomic E-state index is 11.6. The molecule has 1 aliphatic rings. The van der Waals surface area contributed by atoms with Crippen LogP contribution in [0, 0.1) is 5.92 Å². The highest BCUT2D eigenvalue weighted by molar-refractivity contribution is 5.67. The minimum absolute atomic E-state index is 0.218. The summed E-state index contributed by atoms with van der Waals surface area (Å²) < 4.78 is 5.15. The number of unbranched alkanes of at least 4 members (excludes halogenated alkanes) is 1. The molecule has 92 valence electrons. The zero-order chi connectivity index (χ0) is 11.8. The van der Waals surface area contributed by atoms with Crippen LogP contribution in [0.25, 0.3) is 0 Å². The van der Waals surface area contributed by atoms with Crippen LogP contribution in [0.15, 0.2) is 0 Å². The van der Waals surface area contributed by atoms with Gasteiger partial charge in [0.1, 0.15) is 6.29 Å². The molecule has 1 heterocycles. The molecule has 4 nitrogen and oxygen atoms in total. The summed E-state index contributed by atoms with van der Waals surface area (Å²) >= 11 is 0. The van der Waals surface area contributed by atoms with E-state index in [4.69, 9.17) is 4.74 Å². The summed E-state index contributed by atoms with van der Waals surface area (Å²) in [6.45, 7) is 4.00. The Bertz CT molecular complexity index is 230. The standard InChI is InChI=1S/C12H21NO3/c1-2-3-9-16-12(15)13-7-4-5-11(10-13)6-8-14/h8,11H,2-7,9-10H2,1H3. The van der Waals surface area contributed by atoms with Gasteiger partial charge < -0.3 is 14.4 Å². The molecule has 1 fully saturated rings. The smallest absolute Gasteiger partial charge is 0.409 e. The SMILES string of the molecule is CCCCOC(=O)N1CCCC(CC=O)C1. The molecule has 1 aliphatic heterocycles. The van der Waals surface area contributed by atoms with Gasteiger partial charge in [0.25, 0.3) is 0 Å². The van der Waals surface area contributed by atoms with E-state index in [2.05, 4.69) is 6.92 Å². The Morgan fingerprint density at radius 3 is 3.06 bits per heavy atom. The Labute approximate surface area is 96.9 Å². The molecule has 0 saturated carbocycles. The second kappa shape index (κ2) is 7.25. The quantitative estimate of drug-likeness (QED) is 0.534. The summed E-state index contributed by atoms with van der Waals surface area (Å²) in [4.78, 5) is 23.8. The topological polar surface area (TPSA) is 46.6 Å². The normalized spacial score (nSPS) is 20.6. The Balaban J connectivity index is 2.29. The van der Waals surface area contributed by atoms with Crippen LogP contribution in [0.1, 0.15) is 39.0 Å². The lowest BCUT2D eigenvalue weighted by Gasteiger charge is -2.31. The van der Waals surface area contributed by atoms with E-state index in [9.17, 15) is 9.59 Å². The highest BCUT2D eigenvalue weighted by atomic mass is 16.6. The van der Waals surface area contributed by atoms with Crippen LogP contribution in [0.3, 0.4) is 0 Å². The Kier molecular flexibility index (Phi) is 5.90. The van der Waals surface area contributed by atoms with Crippen molar-refractivity contribution < 1.29 is 14.3 Å². The fourth-order valence-electron chi connectivity index (χ4n) is 1.95. The van der Waals surface area contributed by atoms with Gasteiger partial charge in [0, 0.05) is 19.5 Å². The molecule has 0 aromatic carbocycles. The lowest BCUT2D eigenvalue weighted by molar-refractivity contribution is -0.109. The first-order valence-corrected chi connectivity index (χ1v) is 6.13. The van der Waals surface area contributed by atoms with E-state index in [1.54, 1.807) is 4.90 Å². The first-order valence-electron chi connectivity index (χ1n) is 6.13. The van der Waals surface area contributed by atoms with Gasteiger partial charge in [-0.25, -0.2) is 4.79 Å². The minimum Gasteiger partial charge on any atom is -0.449 e. The van der Waals surface area contributed by atoms with Gasteiger partial charge in [0.05, 0.1) is 6.61 Å². The third-order valence-corrected chi connectivity index (χ3v) is 2.93. The molecular weight excluding hydrogens is 206 g/mol. The molecule has 0 aromatic heterocycles. The molecule has 1 saturated heterocycles. The summed E-state index contributed by atoms with van der Waals surface area (Å²) in [6, 6.07) is 0.